The Hall–Kier alpha value is -3.06. The van der Waals surface area contributed by atoms with Crippen LogP contribution < -0.4 is 45.7 Å². The molecule has 0 saturated carbocycles. The summed E-state index contributed by atoms with van der Waals surface area (Å²) in [7, 11) is 0. The minimum absolute atomic E-state index is 0. The first-order valence-electron chi connectivity index (χ1n) is 12.0. The number of rotatable bonds is 11. The number of carbonyl (C=O) groups excluding carboxylic acids is 3. The molecule has 1 saturated heterocycles. The predicted octanol–water partition coefficient (Wildman–Crippen LogP) is -1.63. The van der Waals surface area contributed by atoms with Gasteiger partial charge in [-0.3, -0.25) is 14.5 Å². The molecule has 5 rings (SSSR count). The molecule has 4 heterocycles. The molecule has 0 aliphatic carbocycles. The number of aliphatic carboxylic acids is 1. The number of hydrogen-bond donors (Lipinski definition) is 4. The number of benzene rings is 1. The number of aromatic hydroxyl groups is 2. The van der Waals surface area contributed by atoms with Crippen LogP contribution in [0.2, 0.25) is 0 Å². The first kappa shape index (κ1) is 32.8. The Kier molecular flexibility index (Phi) is 10.8. The number of thiazole rings is 2. The van der Waals surface area contributed by atoms with Gasteiger partial charge in [-0.05, 0) is 23.8 Å². The number of phenolic OH excluding ortho intramolecular Hbond substituents is 2. The average molecular weight is 669 g/mol. The Balaban J connectivity index is 0.00000423. The molecule has 18 heteroatoms. The monoisotopic (exact) mass is 668 g/mol. The van der Waals surface area contributed by atoms with E-state index in [0.29, 0.717) is 21.2 Å². The summed E-state index contributed by atoms with van der Waals surface area (Å²) in [6, 6.07) is 3.37. The summed E-state index contributed by atoms with van der Waals surface area (Å²) >= 11 is 5.04. The fourth-order valence-corrected chi connectivity index (χ4v) is 7.90. The molecule has 5 N–H and O–H groups in total. The third kappa shape index (κ3) is 7.03. The van der Waals surface area contributed by atoms with Gasteiger partial charge in [0.2, 0.25) is 0 Å². The van der Waals surface area contributed by atoms with Crippen molar-refractivity contribution in [2.45, 2.75) is 15.8 Å². The summed E-state index contributed by atoms with van der Waals surface area (Å²) in [6.07, 6.45) is 1.44. The van der Waals surface area contributed by atoms with Gasteiger partial charge in [0.05, 0.1) is 17.4 Å². The van der Waals surface area contributed by atoms with Crippen LogP contribution in [0.4, 0.5) is 5.13 Å². The standard InChI is InChI=1S/C25H22N6O7S4.Na/c1-2-5-38-30-17(14-10-40-24(26)27-14)20(34)29-18-21(35)31-19(23(36)37)12(7-39-22(18)31)8-41-25-28-13(9-42-25)11-3-4-15(32)16(33)6-11;/h2-4,6,9-10,18,22,32-33H,1,5,7-8H2,(H2,26,27)(H,29,34)(H,36,37);/q;+1/p-1/b30-17-;/t18-,22-;/m1./s1. The number of carboxylic acid groups (broad SMARTS) is 1. The van der Waals surface area contributed by atoms with Crippen molar-refractivity contribution in [2.24, 2.45) is 5.16 Å². The summed E-state index contributed by atoms with van der Waals surface area (Å²) in [5.74, 6) is -2.81. The van der Waals surface area contributed by atoms with Gasteiger partial charge in [0.1, 0.15) is 23.7 Å². The van der Waals surface area contributed by atoms with Crippen molar-refractivity contribution in [1.82, 2.24) is 20.2 Å². The van der Waals surface area contributed by atoms with E-state index in [9.17, 15) is 29.7 Å². The van der Waals surface area contributed by atoms with Crippen LogP contribution in [-0.2, 0) is 19.2 Å². The zero-order valence-electron chi connectivity index (χ0n) is 22.4. The number of hydrogen-bond acceptors (Lipinski definition) is 15. The Morgan fingerprint density at radius 3 is 2.74 bits per heavy atom. The van der Waals surface area contributed by atoms with Crippen molar-refractivity contribution in [3.63, 3.8) is 0 Å². The Labute approximate surface area is 283 Å². The van der Waals surface area contributed by atoms with Crippen molar-refractivity contribution < 1.29 is 64.1 Å². The minimum atomic E-state index is -1.49. The first-order chi connectivity index (χ1) is 20.2. The van der Waals surface area contributed by atoms with E-state index < -0.39 is 29.2 Å². The maximum absolute atomic E-state index is 13.1. The summed E-state index contributed by atoms with van der Waals surface area (Å²) < 4.78 is 0.642. The predicted molar refractivity (Wildman–Crippen MR) is 158 cm³/mol. The van der Waals surface area contributed by atoms with Gasteiger partial charge in [0.15, 0.2) is 26.7 Å². The van der Waals surface area contributed by atoms with Gasteiger partial charge in [-0.15, -0.1) is 34.4 Å². The van der Waals surface area contributed by atoms with Gasteiger partial charge < -0.3 is 36.0 Å². The van der Waals surface area contributed by atoms with Crippen molar-refractivity contribution in [3.05, 3.63) is 58.6 Å². The molecule has 2 amide bonds. The molecule has 2 aliphatic heterocycles. The van der Waals surface area contributed by atoms with Crippen LogP contribution in [0, 0.1) is 0 Å². The molecular formula is C25H21N6NaO7S4. The summed E-state index contributed by atoms with van der Waals surface area (Å²) in [6.45, 7) is 3.56. The number of oxime groups is 1. The molecule has 1 aromatic carbocycles. The summed E-state index contributed by atoms with van der Waals surface area (Å²) in [5, 5.41) is 40.7. The van der Waals surface area contributed by atoms with E-state index >= 15 is 0 Å². The molecule has 0 radical (unpaired) electrons. The molecule has 1 fully saturated rings. The molecular weight excluding hydrogens is 648 g/mol. The Morgan fingerprint density at radius 2 is 2.07 bits per heavy atom. The normalized spacial score (nSPS) is 17.9. The van der Waals surface area contributed by atoms with Crippen molar-refractivity contribution in [1.29, 1.82) is 0 Å². The van der Waals surface area contributed by atoms with Gasteiger partial charge in [0, 0.05) is 27.8 Å². The SMILES string of the molecule is C=CCO/N=C(\C(=O)N[C@@H]1C(=O)N2C(C(=O)[O-])=C(CSc3nc(-c4ccc(O)c(O)c4)cs3)CS[C@H]12)c1csc(N)n1.[Na+]. The van der Waals surface area contributed by atoms with E-state index in [1.54, 1.807) is 11.4 Å². The quantitative estimate of drug-likeness (QED) is 0.0266. The van der Waals surface area contributed by atoms with E-state index in [1.165, 1.54) is 58.4 Å². The van der Waals surface area contributed by atoms with Crippen LogP contribution in [0.25, 0.3) is 11.3 Å². The van der Waals surface area contributed by atoms with Gasteiger partial charge in [-0.25, -0.2) is 9.97 Å². The molecule has 0 bridgehead atoms. The number of carbonyl (C=O) groups is 3. The Bertz CT molecular complexity index is 1640. The maximum Gasteiger partial charge on any atom is 1.00 e. The molecule has 0 unspecified atom stereocenters. The number of nitrogen functional groups attached to an aromatic ring is 1. The minimum Gasteiger partial charge on any atom is -0.543 e. The average Bonchev–Trinajstić information content (AvgIpc) is 3.62. The number of anilines is 1. The zero-order chi connectivity index (χ0) is 30.0. The van der Waals surface area contributed by atoms with Gasteiger partial charge in [-0.2, -0.15) is 0 Å². The molecule has 0 spiro atoms. The molecule has 218 valence electrons. The van der Waals surface area contributed by atoms with Crippen molar-refractivity contribution in [2.75, 3.05) is 23.8 Å². The second kappa shape index (κ2) is 14.1. The van der Waals surface area contributed by atoms with Gasteiger partial charge >= 0.3 is 29.6 Å². The van der Waals surface area contributed by atoms with Gasteiger partial charge in [-0.1, -0.05) is 29.6 Å². The number of β-lactam (4-membered cyclic amide) rings is 1. The number of nitrogens with one attached hydrogen (secondary N) is 1. The fourth-order valence-electron chi connectivity index (χ4n) is 4.04. The number of amides is 2. The molecule has 2 aliphatic rings. The number of fused-ring (bicyclic) bond motifs is 1. The number of thioether (sulfide) groups is 2. The molecule has 43 heavy (non-hydrogen) atoms. The van der Waals surface area contributed by atoms with Crippen LogP contribution in [0.1, 0.15) is 5.69 Å². The van der Waals surface area contributed by atoms with E-state index in [4.69, 9.17) is 10.6 Å². The number of carboxylic acids is 1. The van der Waals surface area contributed by atoms with E-state index in [-0.39, 0.29) is 81.4 Å². The van der Waals surface area contributed by atoms with Gasteiger partial charge in [0.25, 0.3) is 11.8 Å². The maximum atomic E-state index is 13.1. The van der Waals surface area contributed by atoms with Crippen molar-refractivity contribution >= 4 is 74.8 Å². The third-order valence-corrected chi connectivity index (χ3v) is 10.1. The third-order valence-electron chi connectivity index (χ3n) is 5.98. The largest absolute Gasteiger partial charge is 1.00 e. The number of nitrogens with two attached hydrogens (primary N) is 1. The number of phenols is 2. The van der Waals surface area contributed by atoms with E-state index in [0.717, 1.165) is 16.2 Å². The van der Waals surface area contributed by atoms with Crippen LogP contribution in [0.3, 0.4) is 0 Å². The number of nitrogens with zero attached hydrogens (tertiary/aromatic N) is 4. The second-order valence-corrected chi connectivity index (χ2v) is 12.8. The smallest absolute Gasteiger partial charge is 0.543 e. The summed E-state index contributed by atoms with van der Waals surface area (Å²) in [4.78, 5) is 53.1. The molecule has 3 aromatic rings. The summed E-state index contributed by atoms with van der Waals surface area (Å²) in [5.41, 5.74) is 7.12. The van der Waals surface area contributed by atoms with E-state index in [1.807, 2.05) is 0 Å². The van der Waals surface area contributed by atoms with Crippen LogP contribution >= 0.6 is 46.2 Å². The zero-order valence-corrected chi connectivity index (χ0v) is 27.6. The van der Waals surface area contributed by atoms with E-state index in [2.05, 4.69) is 27.0 Å². The first-order valence-corrected chi connectivity index (χ1v) is 15.8. The van der Waals surface area contributed by atoms with Crippen LogP contribution in [-0.4, -0.2) is 78.1 Å². The molecule has 13 nitrogen and oxygen atoms in total. The molecule has 2 atom stereocenters. The Morgan fingerprint density at radius 1 is 1.28 bits per heavy atom. The van der Waals surface area contributed by atoms with Crippen LogP contribution in [0.5, 0.6) is 11.5 Å². The number of aromatic nitrogens is 2. The van der Waals surface area contributed by atoms with Crippen LogP contribution in [0.15, 0.2) is 62.4 Å². The fraction of sp³-hybridized carbons (Fsp3) is 0.200. The second-order valence-electron chi connectivity index (χ2n) is 8.69. The molecule has 2 aromatic heterocycles. The topological polar surface area (TPSA) is 203 Å². The van der Waals surface area contributed by atoms with Crippen molar-refractivity contribution in [3.8, 4) is 22.8 Å².